The van der Waals surface area contributed by atoms with Crippen molar-refractivity contribution in [2.24, 2.45) is 5.11 Å². The zero-order valence-electron chi connectivity index (χ0n) is 12.7. The van der Waals surface area contributed by atoms with Crippen molar-refractivity contribution in [1.82, 2.24) is 4.57 Å². The molecule has 2 aromatic carbocycles. The van der Waals surface area contributed by atoms with E-state index < -0.39 is 6.10 Å². The Kier molecular flexibility index (Phi) is 3.45. The van der Waals surface area contributed by atoms with E-state index in [1.54, 1.807) is 0 Å². The summed E-state index contributed by atoms with van der Waals surface area (Å²) in [6.45, 7) is 0. The minimum absolute atomic E-state index is 0.0657. The molecule has 1 fully saturated rings. The third-order valence-electron chi connectivity index (χ3n) is 4.94. The summed E-state index contributed by atoms with van der Waals surface area (Å²) in [7, 11) is 0. The molecule has 3 atom stereocenters. The lowest BCUT2D eigenvalue weighted by Crippen LogP contribution is -2.37. The van der Waals surface area contributed by atoms with E-state index >= 15 is 0 Å². The standard InChI is InChI=1S/C18H18N4O/c19-21-20-14-8-5-11-17(18(14)23)22-15-9-3-1-6-12(15)13-7-2-4-10-16(13)22/h1-4,6-7,9-10,14,17-18,23H,5,8,11H2/t14?,17-,18-/m1/s1. The number of para-hydroxylation sites is 2. The summed E-state index contributed by atoms with van der Waals surface area (Å²) in [6, 6.07) is 16.2. The van der Waals surface area contributed by atoms with Gasteiger partial charge in [-0.05, 0) is 30.5 Å². The lowest BCUT2D eigenvalue weighted by molar-refractivity contribution is 0.0608. The van der Waals surface area contributed by atoms with Crippen LogP contribution in [0.25, 0.3) is 32.2 Å². The lowest BCUT2D eigenvalue weighted by Gasteiger charge is -2.34. The normalized spacial score (nSPS) is 24.7. The number of nitrogens with zero attached hydrogens (tertiary/aromatic N) is 4. The molecule has 1 saturated carbocycles. The highest BCUT2D eigenvalue weighted by atomic mass is 16.3. The second kappa shape index (κ2) is 5.61. The molecule has 3 aromatic rings. The molecule has 0 radical (unpaired) electrons. The molecule has 5 nitrogen and oxygen atoms in total. The van der Waals surface area contributed by atoms with Crippen LogP contribution in [0, 0.1) is 0 Å². The predicted octanol–water partition coefficient (Wildman–Crippen LogP) is 4.56. The van der Waals surface area contributed by atoms with E-state index in [0.717, 1.165) is 30.3 Å². The van der Waals surface area contributed by atoms with Crippen LogP contribution in [0.15, 0.2) is 53.6 Å². The fraction of sp³-hybridized carbons (Fsp3) is 0.333. The van der Waals surface area contributed by atoms with Gasteiger partial charge in [0.2, 0.25) is 0 Å². The molecule has 0 spiro atoms. The van der Waals surface area contributed by atoms with E-state index in [0.29, 0.717) is 0 Å². The largest absolute Gasteiger partial charge is 0.391 e. The van der Waals surface area contributed by atoms with Crippen LogP contribution in [0.5, 0.6) is 0 Å². The Bertz CT molecular complexity index is 856. The van der Waals surface area contributed by atoms with Crippen molar-refractivity contribution < 1.29 is 5.11 Å². The van der Waals surface area contributed by atoms with Crippen molar-refractivity contribution in [2.75, 3.05) is 0 Å². The maximum atomic E-state index is 10.8. The van der Waals surface area contributed by atoms with Gasteiger partial charge in [0.25, 0.3) is 0 Å². The summed E-state index contributed by atoms with van der Waals surface area (Å²) < 4.78 is 2.23. The van der Waals surface area contributed by atoms with Crippen molar-refractivity contribution in [2.45, 2.75) is 37.5 Å². The Morgan fingerprint density at radius 2 is 1.61 bits per heavy atom. The van der Waals surface area contributed by atoms with Gasteiger partial charge in [-0.25, -0.2) is 0 Å². The highest BCUT2D eigenvalue weighted by molar-refractivity contribution is 6.08. The van der Waals surface area contributed by atoms with Gasteiger partial charge in [-0.2, -0.15) is 0 Å². The van der Waals surface area contributed by atoms with Gasteiger partial charge in [-0.3, -0.25) is 0 Å². The minimum Gasteiger partial charge on any atom is -0.391 e. The lowest BCUT2D eigenvalue weighted by atomic mass is 9.88. The fourth-order valence-corrected chi connectivity index (χ4v) is 3.92. The van der Waals surface area contributed by atoms with Gasteiger partial charge in [0.15, 0.2) is 0 Å². The first-order valence-electron chi connectivity index (χ1n) is 8.01. The van der Waals surface area contributed by atoms with E-state index in [1.165, 1.54) is 10.8 Å². The number of hydrogen-bond acceptors (Lipinski definition) is 2. The minimum atomic E-state index is -0.654. The molecule has 1 heterocycles. The predicted molar refractivity (Wildman–Crippen MR) is 91.3 cm³/mol. The van der Waals surface area contributed by atoms with Crippen LogP contribution < -0.4 is 0 Å². The maximum absolute atomic E-state index is 10.8. The van der Waals surface area contributed by atoms with Crippen molar-refractivity contribution in [3.63, 3.8) is 0 Å². The summed E-state index contributed by atoms with van der Waals surface area (Å²) >= 11 is 0. The molecule has 5 heteroatoms. The smallest absolute Gasteiger partial charge is 0.0832 e. The zero-order chi connectivity index (χ0) is 15.8. The number of fused-ring (bicyclic) bond motifs is 3. The van der Waals surface area contributed by atoms with Crippen molar-refractivity contribution in [3.05, 3.63) is 59.0 Å². The molecule has 0 amide bonds. The second-order valence-corrected chi connectivity index (χ2v) is 6.17. The van der Waals surface area contributed by atoms with Gasteiger partial charge in [0.1, 0.15) is 0 Å². The monoisotopic (exact) mass is 306 g/mol. The van der Waals surface area contributed by atoms with Crippen LogP contribution in [0.3, 0.4) is 0 Å². The number of hydrogen-bond donors (Lipinski definition) is 1. The average molecular weight is 306 g/mol. The molecule has 1 unspecified atom stereocenters. The van der Waals surface area contributed by atoms with Gasteiger partial charge in [0, 0.05) is 26.7 Å². The molecule has 0 bridgehead atoms. The molecule has 1 N–H and O–H groups in total. The van der Waals surface area contributed by atoms with E-state index in [4.69, 9.17) is 5.53 Å². The molecule has 4 rings (SSSR count). The average Bonchev–Trinajstić information content (AvgIpc) is 2.92. The Morgan fingerprint density at radius 3 is 2.22 bits per heavy atom. The van der Waals surface area contributed by atoms with Crippen molar-refractivity contribution in [3.8, 4) is 0 Å². The summed E-state index contributed by atoms with van der Waals surface area (Å²) in [5.41, 5.74) is 11.0. The number of aliphatic hydroxyl groups is 1. The number of azide groups is 1. The van der Waals surface area contributed by atoms with E-state index in [9.17, 15) is 5.11 Å². The summed E-state index contributed by atoms with van der Waals surface area (Å²) in [5.74, 6) is 0. The Hall–Kier alpha value is -2.49. The molecule has 0 aliphatic heterocycles. The Labute approximate surface area is 133 Å². The number of aromatic nitrogens is 1. The summed E-state index contributed by atoms with van der Waals surface area (Å²) in [4.78, 5) is 2.91. The first kappa shape index (κ1) is 14.1. The molecule has 1 aliphatic carbocycles. The number of benzene rings is 2. The van der Waals surface area contributed by atoms with Crippen LogP contribution in [-0.2, 0) is 0 Å². The summed E-state index contributed by atoms with van der Waals surface area (Å²) in [6.07, 6.45) is 1.94. The second-order valence-electron chi connectivity index (χ2n) is 6.17. The molecule has 1 aromatic heterocycles. The number of aliphatic hydroxyl groups excluding tert-OH is 1. The molecule has 23 heavy (non-hydrogen) atoms. The van der Waals surface area contributed by atoms with Crippen LogP contribution in [0.4, 0.5) is 0 Å². The highest BCUT2D eigenvalue weighted by Crippen LogP contribution is 2.38. The Balaban J connectivity index is 1.94. The fourth-order valence-electron chi connectivity index (χ4n) is 3.92. The highest BCUT2D eigenvalue weighted by Gasteiger charge is 2.33. The number of rotatable bonds is 2. The maximum Gasteiger partial charge on any atom is 0.0832 e. The molecular weight excluding hydrogens is 288 g/mol. The quantitative estimate of drug-likeness (QED) is 0.420. The molecule has 0 saturated heterocycles. The van der Waals surface area contributed by atoms with E-state index in [-0.39, 0.29) is 12.1 Å². The van der Waals surface area contributed by atoms with Gasteiger partial charge >= 0.3 is 0 Å². The van der Waals surface area contributed by atoms with Gasteiger partial charge in [-0.1, -0.05) is 47.9 Å². The SMILES string of the molecule is [N-]=[N+]=NC1CCC[C@@H](n2c3ccccc3c3ccccc32)[C@@H]1O. The van der Waals surface area contributed by atoms with E-state index in [1.807, 2.05) is 24.3 Å². The van der Waals surface area contributed by atoms with Crippen LogP contribution in [-0.4, -0.2) is 21.8 Å². The molecule has 1 aliphatic rings. The zero-order valence-corrected chi connectivity index (χ0v) is 12.7. The van der Waals surface area contributed by atoms with Gasteiger partial charge < -0.3 is 9.67 Å². The van der Waals surface area contributed by atoms with E-state index in [2.05, 4.69) is 38.9 Å². The van der Waals surface area contributed by atoms with Crippen molar-refractivity contribution in [1.29, 1.82) is 0 Å². The van der Waals surface area contributed by atoms with Crippen LogP contribution >= 0.6 is 0 Å². The van der Waals surface area contributed by atoms with Crippen molar-refractivity contribution >= 4 is 21.8 Å². The first-order chi connectivity index (χ1) is 11.3. The Morgan fingerprint density at radius 1 is 1.00 bits per heavy atom. The third kappa shape index (κ3) is 2.17. The van der Waals surface area contributed by atoms with Crippen LogP contribution in [0.2, 0.25) is 0 Å². The molecule has 116 valence electrons. The van der Waals surface area contributed by atoms with Crippen LogP contribution in [0.1, 0.15) is 25.3 Å². The van der Waals surface area contributed by atoms with Gasteiger partial charge in [0.05, 0.1) is 18.2 Å². The first-order valence-corrected chi connectivity index (χ1v) is 8.01. The van der Waals surface area contributed by atoms with Gasteiger partial charge in [-0.15, -0.1) is 0 Å². The summed E-state index contributed by atoms with van der Waals surface area (Å²) in [5, 5.41) is 17.0. The topological polar surface area (TPSA) is 73.9 Å². The third-order valence-corrected chi connectivity index (χ3v) is 4.94. The molecular formula is C18H18N4O.